The molecule has 0 radical (unpaired) electrons. The topological polar surface area (TPSA) is 106 Å². The van der Waals surface area contributed by atoms with Gasteiger partial charge < -0.3 is 9.52 Å². The van der Waals surface area contributed by atoms with Gasteiger partial charge in [-0.15, -0.1) is 0 Å². The highest BCUT2D eigenvalue weighted by atomic mass is 32.2. The number of pyridine rings is 1. The lowest BCUT2D eigenvalue weighted by Crippen LogP contribution is -1.93. The molecule has 2 aromatic heterocycles. The number of hydrogen-bond donors (Lipinski definition) is 1. The molecule has 0 aliphatic rings. The zero-order valence-electron chi connectivity index (χ0n) is 9.69. The third kappa shape index (κ3) is 2.91. The van der Waals surface area contributed by atoms with Gasteiger partial charge in [0.25, 0.3) is 5.69 Å². The first-order valence-corrected chi connectivity index (χ1v) is 5.91. The number of carboxylic acid groups (broad SMARTS) is 1. The number of nitro groups is 1. The van der Waals surface area contributed by atoms with E-state index >= 15 is 0 Å². The van der Waals surface area contributed by atoms with Crippen molar-refractivity contribution >= 4 is 23.4 Å². The summed E-state index contributed by atoms with van der Waals surface area (Å²) in [6.07, 6.45) is 1.39. The zero-order valence-corrected chi connectivity index (χ0v) is 10.5. The normalized spacial score (nSPS) is 10.4. The van der Waals surface area contributed by atoms with Crippen LogP contribution in [0.1, 0.15) is 16.1 Å². The summed E-state index contributed by atoms with van der Waals surface area (Å²) in [6.45, 7) is 1.59. The number of aryl methyl sites for hydroxylation is 1. The van der Waals surface area contributed by atoms with E-state index in [1.54, 1.807) is 6.92 Å². The van der Waals surface area contributed by atoms with Crippen LogP contribution in [0.3, 0.4) is 0 Å². The minimum absolute atomic E-state index is 0.0393. The molecular formula is C11H8N2O5S. The summed E-state index contributed by atoms with van der Waals surface area (Å²) in [6, 6.07) is 4.11. The predicted octanol–water partition coefficient (Wildman–Crippen LogP) is 2.74. The van der Waals surface area contributed by atoms with Crippen LogP contribution in [0.5, 0.6) is 0 Å². The first-order chi connectivity index (χ1) is 8.97. The highest BCUT2D eigenvalue weighted by molar-refractivity contribution is 7.99. The molecule has 0 aromatic carbocycles. The molecule has 8 heteroatoms. The molecule has 2 rings (SSSR count). The van der Waals surface area contributed by atoms with Crippen molar-refractivity contribution in [2.24, 2.45) is 0 Å². The summed E-state index contributed by atoms with van der Waals surface area (Å²) < 4.78 is 5.03. The van der Waals surface area contributed by atoms with Crippen molar-refractivity contribution in [3.8, 4) is 0 Å². The fourth-order valence-electron chi connectivity index (χ4n) is 1.34. The Morgan fingerprint density at radius 2 is 2.26 bits per heavy atom. The number of aromatic carboxylic acids is 1. The van der Waals surface area contributed by atoms with E-state index in [-0.39, 0.29) is 11.4 Å². The summed E-state index contributed by atoms with van der Waals surface area (Å²) in [5.74, 6) is -1.36. The molecule has 0 unspecified atom stereocenters. The molecule has 2 heterocycles. The second-order valence-corrected chi connectivity index (χ2v) is 4.62. The van der Waals surface area contributed by atoms with Gasteiger partial charge in [-0.2, -0.15) is 0 Å². The predicted molar refractivity (Wildman–Crippen MR) is 65.4 cm³/mol. The Labute approximate surface area is 111 Å². The van der Waals surface area contributed by atoms with Gasteiger partial charge in [0.05, 0.1) is 4.92 Å². The Morgan fingerprint density at radius 1 is 1.53 bits per heavy atom. The van der Waals surface area contributed by atoms with Crippen molar-refractivity contribution in [2.75, 3.05) is 0 Å². The van der Waals surface area contributed by atoms with E-state index in [0.717, 1.165) is 11.8 Å². The molecule has 19 heavy (non-hydrogen) atoms. The fourth-order valence-corrected chi connectivity index (χ4v) is 2.09. The molecule has 0 saturated carbocycles. The fraction of sp³-hybridized carbons (Fsp3) is 0.0909. The molecule has 0 bridgehead atoms. The third-order valence-corrected chi connectivity index (χ3v) is 3.10. The van der Waals surface area contributed by atoms with Crippen molar-refractivity contribution in [1.29, 1.82) is 0 Å². The molecule has 0 amide bonds. The molecule has 0 aliphatic heterocycles. The van der Waals surface area contributed by atoms with Crippen LogP contribution in [-0.4, -0.2) is 21.0 Å². The average Bonchev–Trinajstić information content (AvgIpc) is 2.80. The Balaban J connectivity index is 2.25. The van der Waals surface area contributed by atoms with Gasteiger partial charge in [-0.25, -0.2) is 9.78 Å². The van der Waals surface area contributed by atoms with Crippen molar-refractivity contribution < 1.29 is 19.2 Å². The van der Waals surface area contributed by atoms with Gasteiger partial charge in [0.15, 0.2) is 5.09 Å². The summed E-state index contributed by atoms with van der Waals surface area (Å²) in [5.41, 5.74) is 0.419. The highest BCUT2D eigenvalue weighted by Crippen LogP contribution is 2.30. The number of rotatable bonds is 4. The van der Waals surface area contributed by atoms with E-state index in [4.69, 9.17) is 9.52 Å². The molecule has 7 nitrogen and oxygen atoms in total. The van der Waals surface area contributed by atoms with Crippen LogP contribution in [0, 0.1) is 17.0 Å². The van der Waals surface area contributed by atoms with Gasteiger partial charge in [0, 0.05) is 17.8 Å². The number of nitrogens with zero attached hydrogens (tertiary/aromatic N) is 2. The van der Waals surface area contributed by atoms with Crippen LogP contribution in [-0.2, 0) is 0 Å². The Hall–Kier alpha value is -2.35. The van der Waals surface area contributed by atoms with Gasteiger partial charge in [0.1, 0.15) is 5.03 Å². The number of carboxylic acids is 1. The number of furan rings is 1. The van der Waals surface area contributed by atoms with Crippen molar-refractivity contribution in [2.45, 2.75) is 17.0 Å². The third-order valence-electron chi connectivity index (χ3n) is 2.24. The van der Waals surface area contributed by atoms with Crippen LogP contribution >= 0.6 is 11.8 Å². The van der Waals surface area contributed by atoms with E-state index in [1.165, 1.54) is 24.4 Å². The van der Waals surface area contributed by atoms with Crippen molar-refractivity contribution in [1.82, 2.24) is 4.98 Å². The van der Waals surface area contributed by atoms with Crippen LogP contribution in [0.4, 0.5) is 5.69 Å². The van der Waals surface area contributed by atoms with E-state index < -0.39 is 10.9 Å². The number of hydrogen-bond acceptors (Lipinski definition) is 6. The maximum Gasteiger partial charge on any atom is 0.371 e. The van der Waals surface area contributed by atoms with E-state index in [1.807, 2.05) is 0 Å². The van der Waals surface area contributed by atoms with Gasteiger partial charge in [0.2, 0.25) is 5.76 Å². The van der Waals surface area contributed by atoms with E-state index in [2.05, 4.69) is 4.98 Å². The Morgan fingerprint density at radius 3 is 2.84 bits per heavy atom. The van der Waals surface area contributed by atoms with Gasteiger partial charge in [-0.05, 0) is 30.8 Å². The second kappa shape index (κ2) is 5.11. The first-order valence-electron chi connectivity index (χ1n) is 5.09. The largest absolute Gasteiger partial charge is 0.475 e. The van der Waals surface area contributed by atoms with E-state index in [9.17, 15) is 14.9 Å². The average molecular weight is 280 g/mol. The molecule has 2 aromatic rings. The van der Waals surface area contributed by atoms with Crippen LogP contribution in [0.25, 0.3) is 0 Å². The molecule has 1 N–H and O–H groups in total. The molecule has 0 saturated heterocycles. The maximum atomic E-state index is 10.8. The SMILES string of the molecule is Cc1cnc(Sc2ccc(C(=O)O)o2)cc1[N+](=O)[O-]. The highest BCUT2D eigenvalue weighted by Gasteiger charge is 2.15. The van der Waals surface area contributed by atoms with Crippen LogP contribution in [0.15, 0.2) is 38.9 Å². The monoisotopic (exact) mass is 280 g/mol. The summed E-state index contributed by atoms with van der Waals surface area (Å²) in [7, 11) is 0. The zero-order chi connectivity index (χ0) is 14.0. The molecule has 0 fully saturated rings. The Kier molecular flexibility index (Phi) is 3.52. The summed E-state index contributed by atoms with van der Waals surface area (Å²) in [5, 5.41) is 20.2. The standard InChI is InChI=1S/C11H8N2O5S/c1-6-5-12-9(4-7(6)13(16)17)19-10-3-2-8(18-10)11(14)15/h2-5H,1H3,(H,14,15). The molecule has 0 aliphatic carbocycles. The second-order valence-electron chi connectivity index (χ2n) is 3.59. The van der Waals surface area contributed by atoms with E-state index in [0.29, 0.717) is 15.7 Å². The molecule has 0 spiro atoms. The smallest absolute Gasteiger partial charge is 0.371 e. The van der Waals surface area contributed by atoms with Crippen LogP contribution < -0.4 is 0 Å². The summed E-state index contributed by atoms with van der Waals surface area (Å²) in [4.78, 5) is 25.0. The minimum atomic E-state index is -1.17. The lowest BCUT2D eigenvalue weighted by molar-refractivity contribution is -0.385. The molecule has 0 atom stereocenters. The van der Waals surface area contributed by atoms with Gasteiger partial charge in [-0.1, -0.05) is 0 Å². The summed E-state index contributed by atoms with van der Waals surface area (Å²) >= 11 is 1.02. The minimum Gasteiger partial charge on any atom is -0.475 e. The van der Waals surface area contributed by atoms with Gasteiger partial charge >= 0.3 is 5.97 Å². The molecule has 98 valence electrons. The quantitative estimate of drug-likeness (QED) is 0.677. The maximum absolute atomic E-state index is 10.8. The van der Waals surface area contributed by atoms with Crippen LogP contribution in [0.2, 0.25) is 0 Å². The number of aromatic nitrogens is 1. The lowest BCUT2D eigenvalue weighted by atomic mass is 10.3. The first kappa shape index (κ1) is 13.1. The Bertz CT molecular complexity index is 652. The number of carbonyl (C=O) groups is 1. The molecular weight excluding hydrogens is 272 g/mol. The van der Waals surface area contributed by atoms with Gasteiger partial charge in [-0.3, -0.25) is 10.1 Å². The lowest BCUT2D eigenvalue weighted by Gasteiger charge is -2.00. The van der Waals surface area contributed by atoms with Crippen molar-refractivity contribution in [3.05, 3.63) is 45.8 Å². The van der Waals surface area contributed by atoms with Crippen molar-refractivity contribution in [3.63, 3.8) is 0 Å².